The molecule has 144 valence electrons. The summed E-state index contributed by atoms with van der Waals surface area (Å²) in [5.74, 6) is 0.831. The van der Waals surface area contributed by atoms with Gasteiger partial charge in [0.25, 0.3) is 0 Å². The van der Waals surface area contributed by atoms with Crippen molar-refractivity contribution in [3.63, 3.8) is 0 Å². The lowest BCUT2D eigenvalue weighted by Crippen LogP contribution is -2.42. The van der Waals surface area contributed by atoms with Crippen molar-refractivity contribution in [2.75, 3.05) is 38.5 Å². The van der Waals surface area contributed by atoms with Crippen LogP contribution in [0.3, 0.4) is 0 Å². The largest absolute Gasteiger partial charge is 0.357 e. The zero-order chi connectivity index (χ0) is 18.6. The molecule has 0 rings (SSSR count). The van der Waals surface area contributed by atoms with Gasteiger partial charge in [0, 0.05) is 44.8 Å². The van der Waals surface area contributed by atoms with E-state index in [1.54, 1.807) is 6.92 Å². The SMILES string of the molecule is CCNC(=NCCCN(C(C)C)C(C)C)NCCNS(=O)(=O)CC. The van der Waals surface area contributed by atoms with Crippen LogP contribution in [-0.4, -0.2) is 69.8 Å². The van der Waals surface area contributed by atoms with E-state index in [9.17, 15) is 8.42 Å². The Balaban J connectivity index is 4.23. The molecule has 0 bridgehead atoms. The maximum absolute atomic E-state index is 11.4. The zero-order valence-corrected chi connectivity index (χ0v) is 17.0. The van der Waals surface area contributed by atoms with Gasteiger partial charge in [-0.1, -0.05) is 0 Å². The Morgan fingerprint density at radius 2 is 1.67 bits per heavy atom. The fourth-order valence-electron chi connectivity index (χ4n) is 2.39. The van der Waals surface area contributed by atoms with Gasteiger partial charge in [0.1, 0.15) is 0 Å². The Morgan fingerprint density at radius 3 is 2.17 bits per heavy atom. The van der Waals surface area contributed by atoms with Crippen LogP contribution in [0.2, 0.25) is 0 Å². The summed E-state index contributed by atoms with van der Waals surface area (Å²) in [4.78, 5) is 7.00. The first kappa shape index (κ1) is 23.1. The van der Waals surface area contributed by atoms with Crippen molar-refractivity contribution in [2.24, 2.45) is 4.99 Å². The highest BCUT2D eigenvalue weighted by atomic mass is 32.2. The molecule has 8 heteroatoms. The molecular formula is C16H37N5O2S. The van der Waals surface area contributed by atoms with Gasteiger partial charge in [0.15, 0.2) is 5.96 Å². The van der Waals surface area contributed by atoms with E-state index >= 15 is 0 Å². The van der Waals surface area contributed by atoms with Crippen LogP contribution in [0.15, 0.2) is 4.99 Å². The summed E-state index contributed by atoms with van der Waals surface area (Å²) in [6.45, 7) is 15.9. The highest BCUT2D eigenvalue weighted by Crippen LogP contribution is 2.05. The van der Waals surface area contributed by atoms with Crippen molar-refractivity contribution in [3.05, 3.63) is 0 Å². The standard InChI is InChI=1S/C16H37N5O2S/c1-7-17-16(19-11-12-20-24(22,23)8-2)18-10-9-13-21(14(3)4)15(5)6/h14-15,20H,7-13H2,1-6H3,(H2,17,18,19). The summed E-state index contributed by atoms with van der Waals surface area (Å²) >= 11 is 0. The molecule has 7 nitrogen and oxygen atoms in total. The van der Waals surface area contributed by atoms with Gasteiger partial charge in [-0.3, -0.25) is 9.89 Å². The van der Waals surface area contributed by atoms with Crippen LogP contribution >= 0.6 is 0 Å². The topological polar surface area (TPSA) is 85.8 Å². The summed E-state index contributed by atoms with van der Waals surface area (Å²) in [6, 6.07) is 1.07. The number of aliphatic imine (C=N–C) groups is 1. The Hall–Kier alpha value is -0.860. The first-order valence-corrected chi connectivity index (χ1v) is 10.6. The molecule has 0 saturated carbocycles. The summed E-state index contributed by atoms with van der Waals surface area (Å²) in [6.07, 6.45) is 0.995. The quantitative estimate of drug-likeness (QED) is 0.273. The van der Waals surface area contributed by atoms with Crippen LogP contribution in [-0.2, 0) is 10.0 Å². The van der Waals surface area contributed by atoms with Crippen LogP contribution in [0.4, 0.5) is 0 Å². The first-order chi connectivity index (χ1) is 11.2. The van der Waals surface area contributed by atoms with Crippen LogP contribution in [0.25, 0.3) is 0 Å². The minimum absolute atomic E-state index is 0.101. The van der Waals surface area contributed by atoms with E-state index in [2.05, 4.69) is 52.9 Å². The number of sulfonamides is 1. The molecule has 0 spiro atoms. The Bertz CT molecular complexity index is 441. The van der Waals surface area contributed by atoms with Crippen molar-refractivity contribution in [1.29, 1.82) is 0 Å². The molecule has 3 N–H and O–H groups in total. The van der Waals surface area contributed by atoms with Crippen LogP contribution in [0.1, 0.15) is 48.0 Å². The normalized spacial score (nSPS) is 13.1. The van der Waals surface area contributed by atoms with Crippen molar-refractivity contribution in [3.8, 4) is 0 Å². The third-order valence-electron chi connectivity index (χ3n) is 3.63. The Labute approximate surface area is 148 Å². The molecule has 0 fully saturated rings. The van der Waals surface area contributed by atoms with E-state index in [0.717, 1.165) is 32.0 Å². The van der Waals surface area contributed by atoms with Crippen LogP contribution in [0, 0.1) is 0 Å². The minimum Gasteiger partial charge on any atom is -0.357 e. The zero-order valence-electron chi connectivity index (χ0n) is 16.2. The van der Waals surface area contributed by atoms with E-state index in [-0.39, 0.29) is 5.75 Å². The molecule has 24 heavy (non-hydrogen) atoms. The number of rotatable bonds is 12. The lowest BCUT2D eigenvalue weighted by Gasteiger charge is -2.30. The molecule has 0 aliphatic heterocycles. The number of nitrogens with one attached hydrogen (secondary N) is 3. The molecule has 0 amide bonds. The van der Waals surface area contributed by atoms with Gasteiger partial charge in [-0.05, 0) is 48.0 Å². The second-order valence-corrected chi connectivity index (χ2v) is 8.36. The maximum atomic E-state index is 11.4. The molecule has 0 radical (unpaired) electrons. The highest BCUT2D eigenvalue weighted by Gasteiger charge is 2.12. The first-order valence-electron chi connectivity index (χ1n) is 8.98. The van der Waals surface area contributed by atoms with E-state index < -0.39 is 10.0 Å². The van der Waals surface area contributed by atoms with Crippen LogP contribution in [0.5, 0.6) is 0 Å². The molecule has 0 unspecified atom stereocenters. The van der Waals surface area contributed by atoms with E-state index in [4.69, 9.17) is 0 Å². The lowest BCUT2D eigenvalue weighted by atomic mass is 10.2. The Morgan fingerprint density at radius 1 is 1.04 bits per heavy atom. The number of nitrogens with zero attached hydrogens (tertiary/aromatic N) is 2. The number of hydrogen-bond donors (Lipinski definition) is 3. The summed E-state index contributed by atoms with van der Waals surface area (Å²) in [5.41, 5.74) is 0. The average molecular weight is 364 g/mol. The van der Waals surface area contributed by atoms with E-state index in [0.29, 0.717) is 25.2 Å². The van der Waals surface area contributed by atoms with Gasteiger partial charge in [0.2, 0.25) is 10.0 Å². The minimum atomic E-state index is -3.13. The summed E-state index contributed by atoms with van der Waals surface area (Å²) in [5, 5.41) is 6.33. The fourth-order valence-corrected chi connectivity index (χ4v) is 3.01. The molecule has 0 aliphatic carbocycles. The average Bonchev–Trinajstić information content (AvgIpc) is 2.50. The van der Waals surface area contributed by atoms with Crippen molar-refractivity contribution < 1.29 is 8.42 Å². The summed E-state index contributed by atoms with van der Waals surface area (Å²) < 4.78 is 25.3. The third kappa shape index (κ3) is 10.8. The monoisotopic (exact) mass is 363 g/mol. The molecule has 0 aliphatic rings. The summed E-state index contributed by atoms with van der Waals surface area (Å²) in [7, 11) is -3.13. The molecular weight excluding hydrogens is 326 g/mol. The maximum Gasteiger partial charge on any atom is 0.211 e. The molecule has 0 aromatic rings. The van der Waals surface area contributed by atoms with Gasteiger partial charge in [-0.15, -0.1) is 0 Å². The third-order valence-corrected chi connectivity index (χ3v) is 5.04. The molecule has 0 atom stereocenters. The molecule has 0 aromatic heterocycles. The van der Waals surface area contributed by atoms with E-state index in [1.807, 2.05) is 6.92 Å². The fraction of sp³-hybridized carbons (Fsp3) is 0.938. The second kappa shape index (κ2) is 12.5. The Kier molecular flexibility index (Phi) is 12.0. The van der Waals surface area contributed by atoms with Gasteiger partial charge in [-0.2, -0.15) is 0 Å². The van der Waals surface area contributed by atoms with Crippen molar-refractivity contribution in [2.45, 2.75) is 60.0 Å². The molecule has 0 saturated heterocycles. The number of guanidine groups is 1. The predicted molar refractivity (Wildman–Crippen MR) is 103 cm³/mol. The predicted octanol–water partition coefficient (Wildman–Crippen LogP) is 0.990. The van der Waals surface area contributed by atoms with Crippen LogP contribution < -0.4 is 15.4 Å². The molecule has 0 aromatic carbocycles. The molecule has 0 heterocycles. The van der Waals surface area contributed by atoms with Gasteiger partial charge >= 0.3 is 0 Å². The van der Waals surface area contributed by atoms with E-state index in [1.165, 1.54) is 0 Å². The van der Waals surface area contributed by atoms with Crippen molar-refractivity contribution >= 4 is 16.0 Å². The van der Waals surface area contributed by atoms with Crippen molar-refractivity contribution in [1.82, 2.24) is 20.3 Å². The smallest absolute Gasteiger partial charge is 0.211 e. The van der Waals surface area contributed by atoms with Gasteiger partial charge in [-0.25, -0.2) is 13.1 Å². The lowest BCUT2D eigenvalue weighted by molar-refractivity contribution is 0.174. The van der Waals surface area contributed by atoms with Gasteiger partial charge < -0.3 is 10.6 Å². The van der Waals surface area contributed by atoms with Gasteiger partial charge in [0.05, 0.1) is 5.75 Å². The second-order valence-electron chi connectivity index (χ2n) is 6.26. The number of hydrogen-bond acceptors (Lipinski definition) is 4. The highest BCUT2D eigenvalue weighted by molar-refractivity contribution is 7.89.